The second-order valence-corrected chi connectivity index (χ2v) is 23.3. The fourth-order valence-corrected chi connectivity index (χ4v) is 27.0. The molecule has 0 nitrogen and oxygen atoms in total. The van der Waals surface area contributed by atoms with Crippen LogP contribution in [0.4, 0.5) is 0 Å². The minimum atomic E-state index is 0.570. The molecule has 0 saturated carbocycles. The Morgan fingerprint density at radius 1 is 0.615 bits per heavy atom. The van der Waals surface area contributed by atoms with E-state index in [-0.39, 0.29) is 0 Å². The second kappa shape index (κ2) is 9.39. The van der Waals surface area contributed by atoms with Gasteiger partial charge in [0.05, 0.1) is 0 Å². The van der Waals surface area contributed by atoms with Crippen LogP contribution >= 0.6 is 118 Å². The maximum absolute atomic E-state index is 2.20. The van der Waals surface area contributed by atoms with Gasteiger partial charge in [-0.3, -0.25) is 0 Å². The van der Waals surface area contributed by atoms with E-state index < -0.39 is 0 Å². The summed E-state index contributed by atoms with van der Waals surface area (Å²) in [6.45, 7) is 0. The summed E-state index contributed by atoms with van der Waals surface area (Å²) < 4.78 is 16.1. The molecule has 0 aromatic rings. The molecule has 0 atom stereocenters. The topological polar surface area (TPSA) is 0 Å². The van der Waals surface area contributed by atoms with Gasteiger partial charge in [-0.1, -0.05) is 0 Å². The molecule has 0 unspecified atom stereocenters. The summed E-state index contributed by atoms with van der Waals surface area (Å²) in [6.07, 6.45) is 4.40. The van der Waals surface area contributed by atoms with Gasteiger partial charge in [0, 0.05) is 0 Å². The SMILES string of the molecule is CSC1=C(SC)SC(=C2SC3=C(S2)[Se]C(=C2SC4=C(SCCS4)S2)[Se]3)S1. The van der Waals surface area contributed by atoms with Crippen molar-refractivity contribution < 1.29 is 0 Å². The molecule has 0 radical (unpaired) electrons. The third kappa shape index (κ3) is 4.27. The fourth-order valence-electron chi connectivity index (χ4n) is 2.16. The number of thioether (sulfide) groups is 10. The molecule has 26 heavy (non-hydrogen) atoms. The Morgan fingerprint density at radius 2 is 1.12 bits per heavy atom. The Labute approximate surface area is 209 Å². The normalized spacial score (nSPS) is 26.1. The monoisotopic (exact) mass is 658 g/mol. The number of hydrogen-bond donors (Lipinski definition) is 0. The molecule has 0 saturated heterocycles. The quantitative estimate of drug-likeness (QED) is 0.270. The van der Waals surface area contributed by atoms with Gasteiger partial charge in [-0.15, -0.1) is 0 Å². The van der Waals surface area contributed by atoms with Crippen LogP contribution in [-0.2, 0) is 0 Å². The molecule has 0 aromatic heterocycles. The Hall–Kier alpha value is 3.24. The van der Waals surface area contributed by atoms with Gasteiger partial charge in [0.2, 0.25) is 0 Å². The number of hydrogen-bond acceptors (Lipinski definition) is 10. The Bertz CT molecular complexity index is 729. The first kappa shape index (κ1) is 21.1. The summed E-state index contributed by atoms with van der Waals surface area (Å²) in [7, 11) is 0. The van der Waals surface area contributed by atoms with E-state index in [4.69, 9.17) is 0 Å². The van der Waals surface area contributed by atoms with Crippen molar-refractivity contribution in [2.24, 2.45) is 0 Å². The molecule has 0 fully saturated rings. The van der Waals surface area contributed by atoms with Gasteiger partial charge in [-0.05, 0) is 0 Å². The van der Waals surface area contributed by atoms with Gasteiger partial charge in [0.1, 0.15) is 0 Å². The Balaban J connectivity index is 1.27. The summed E-state index contributed by atoms with van der Waals surface area (Å²) in [5.41, 5.74) is 0. The van der Waals surface area contributed by atoms with Gasteiger partial charge in [0.15, 0.2) is 0 Å². The molecule has 0 aliphatic carbocycles. The zero-order valence-electron chi connectivity index (χ0n) is 13.3. The molecular weight excluding hydrogens is 647 g/mol. The van der Waals surface area contributed by atoms with E-state index in [1.807, 2.05) is 47.0 Å². The van der Waals surface area contributed by atoms with E-state index in [0.29, 0.717) is 29.9 Å². The number of rotatable bonds is 2. The van der Waals surface area contributed by atoms with E-state index in [9.17, 15) is 0 Å². The van der Waals surface area contributed by atoms with E-state index in [1.165, 1.54) is 24.2 Å². The van der Waals surface area contributed by atoms with Crippen molar-refractivity contribution in [3.05, 3.63) is 40.6 Å². The maximum atomic E-state index is 2.20. The van der Waals surface area contributed by atoms with Crippen molar-refractivity contribution in [3.8, 4) is 0 Å². The van der Waals surface area contributed by atoms with Gasteiger partial charge in [-0.2, -0.15) is 0 Å². The summed E-state index contributed by atoms with van der Waals surface area (Å²) >= 11 is 21.4. The van der Waals surface area contributed by atoms with Crippen molar-refractivity contribution in [1.29, 1.82) is 0 Å². The van der Waals surface area contributed by atoms with E-state index in [1.54, 1.807) is 27.9 Å². The predicted molar refractivity (Wildman–Crippen MR) is 144 cm³/mol. The first-order chi connectivity index (χ1) is 12.7. The Kier molecular flexibility index (Phi) is 7.62. The van der Waals surface area contributed by atoms with Crippen LogP contribution in [-0.4, -0.2) is 53.9 Å². The summed E-state index contributed by atoms with van der Waals surface area (Å²) in [5.74, 6) is 2.57. The molecular formula is C14H10S10Se2. The zero-order chi connectivity index (χ0) is 17.7. The third-order valence-corrected chi connectivity index (χ3v) is 26.4. The van der Waals surface area contributed by atoms with Crippen LogP contribution < -0.4 is 0 Å². The zero-order valence-corrected chi connectivity index (χ0v) is 24.9. The van der Waals surface area contributed by atoms with Gasteiger partial charge < -0.3 is 0 Å². The minimum absolute atomic E-state index is 0.570. The van der Waals surface area contributed by atoms with Gasteiger partial charge in [0.25, 0.3) is 0 Å². The van der Waals surface area contributed by atoms with E-state index in [0.717, 1.165) is 0 Å². The van der Waals surface area contributed by atoms with Gasteiger partial charge >= 0.3 is 212 Å². The molecule has 12 heteroatoms. The van der Waals surface area contributed by atoms with Crippen LogP contribution in [0.25, 0.3) is 0 Å². The van der Waals surface area contributed by atoms with Crippen molar-refractivity contribution in [2.45, 2.75) is 0 Å². The third-order valence-electron chi connectivity index (χ3n) is 3.24. The average Bonchev–Trinajstić information content (AvgIpc) is 3.39. The van der Waals surface area contributed by atoms with Crippen LogP contribution in [0, 0.1) is 0 Å². The molecule has 0 spiro atoms. The first-order valence-corrected chi connectivity index (χ1v) is 20.0. The molecule has 0 bridgehead atoms. The average molecular weight is 657 g/mol. The second-order valence-electron chi connectivity index (χ2n) is 4.80. The molecule has 0 amide bonds. The van der Waals surface area contributed by atoms with E-state index >= 15 is 0 Å². The van der Waals surface area contributed by atoms with Crippen molar-refractivity contribution in [2.75, 3.05) is 24.0 Å². The van der Waals surface area contributed by atoms with E-state index in [2.05, 4.69) is 83.1 Å². The van der Waals surface area contributed by atoms with Crippen LogP contribution in [0.1, 0.15) is 0 Å². The predicted octanol–water partition coefficient (Wildman–Crippen LogP) is 7.69. The molecule has 5 aliphatic heterocycles. The van der Waals surface area contributed by atoms with Crippen molar-refractivity contribution in [3.63, 3.8) is 0 Å². The van der Waals surface area contributed by atoms with Gasteiger partial charge in [-0.25, -0.2) is 0 Å². The van der Waals surface area contributed by atoms with Crippen molar-refractivity contribution >= 4 is 148 Å². The molecule has 0 N–H and O–H groups in total. The molecule has 0 aromatic carbocycles. The molecule has 5 heterocycles. The first-order valence-electron chi connectivity index (χ1n) is 7.23. The summed E-state index contributed by atoms with van der Waals surface area (Å²) in [4.78, 5) is 0. The summed E-state index contributed by atoms with van der Waals surface area (Å²) in [6, 6.07) is 0. The van der Waals surface area contributed by atoms with Crippen molar-refractivity contribution in [1.82, 2.24) is 0 Å². The summed E-state index contributed by atoms with van der Waals surface area (Å²) in [5, 5.41) is 0. The Morgan fingerprint density at radius 3 is 1.62 bits per heavy atom. The molecule has 5 aliphatic rings. The van der Waals surface area contributed by atoms with Crippen LogP contribution in [0.5, 0.6) is 0 Å². The molecule has 138 valence electrons. The standard InChI is InChI=1S/C14H10S10Se2/c1-15-5-6(16-2)20-9(19-5)10-23-12-13(24-10)26-14(25-12)11-21-7-8(22-11)18-4-3-17-7/h3-4H2,1-2H3. The van der Waals surface area contributed by atoms with Crippen LogP contribution in [0.2, 0.25) is 0 Å². The fraction of sp³-hybridized carbons (Fsp3) is 0.286. The van der Waals surface area contributed by atoms with Crippen LogP contribution in [0.15, 0.2) is 40.6 Å². The van der Waals surface area contributed by atoms with Crippen LogP contribution in [0.3, 0.4) is 0 Å². The molecule has 5 rings (SSSR count).